The van der Waals surface area contributed by atoms with E-state index in [0.29, 0.717) is 0 Å². The second kappa shape index (κ2) is 4.49. The van der Waals surface area contributed by atoms with Crippen LogP contribution in [0.25, 0.3) is 16.2 Å². The fourth-order valence-electron chi connectivity index (χ4n) is 2.15. The normalized spacial score (nSPS) is 14.8. The number of aromatic nitrogens is 3. The van der Waals surface area contributed by atoms with Gasteiger partial charge in [0.1, 0.15) is 5.75 Å². The highest BCUT2D eigenvalue weighted by molar-refractivity contribution is 7.20. The number of anilines is 1. The van der Waals surface area contributed by atoms with Gasteiger partial charge < -0.3 is 10.4 Å². The quantitative estimate of drug-likeness (QED) is 0.774. The van der Waals surface area contributed by atoms with E-state index in [4.69, 9.17) is 0 Å². The second-order valence-electron chi connectivity index (χ2n) is 5.12. The minimum absolute atomic E-state index is 0.263. The lowest BCUT2D eigenvalue weighted by atomic mass is 10.2. The molecule has 2 N–H and O–H groups in total. The van der Waals surface area contributed by atoms with Gasteiger partial charge in [0.25, 0.3) is 0 Å². The summed E-state index contributed by atoms with van der Waals surface area (Å²) in [6, 6.07) is 7.09. The fourth-order valence-corrected chi connectivity index (χ4v) is 2.93. The Labute approximate surface area is 119 Å². The van der Waals surface area contributed by atoms with Gasteiger partial charge in [-0.15, -0.1) is 5.10 Å². The van der Waals surface area contributed by atoms with Gasteiger partial charge in [0.15, 0.2) is 0 Å². The first-order chi connectivity index (χ1) is 9.79. The van der Waals surface area contributed by atoms with Crippen molar-refractivity contribution in [3.63, 3.8) is 0 Å². The van der Waals surface area contributed by atoms with E-state index in [2.05, 4.69) is 15.4 Å². The predicted octanol–water partition coefficient (Wildman–Crippen LogP) is 2.99. The maximum Gasteiger partial charge on any atom is 0.214 e. The molecule has 5 nitrogen and oxygen atoms in total. The van der Waals surface area contributed by atoms with Crippen molar-refractivity contribution in [1.82, 2.24) is 14.6 Å². The first-order valence-electron chi connectivity index (χ1n) is 6.67. The Morgan fingerprint density at radius 1 is 1.30 bits per heavy atom. The lowest BCUT2D eigenvalue weighted by Gasteiger charge is -2.00. The van der Waals surface area contributed by atoms with Gasteiger partial charge in [0, 0.05) is 12.1 Å². The van der Waals surface area contributed by atoms with Crippen molar-refractivity contribution < 1.29 is 5.11 Å². The Hall–Kier alpha value is -2.08. The van der Waals surface area contributed by atoms with Gasteiger partial charge in [-0.1, -0.05) is 11.3 Å². The summed E-state index contributed by atoms with van der Waals surface area (Å²) < 4.78 is 1.85. The molecule has 102 valence electrons. The molecule has 1 aliphatic carbocycles. The van der Waals surface area contributed by atoms with Crippen LogP contribution in [0.5, 0.6) is 5.75 Å². The molecule has 0 spiro atoms. The van der Waals surface area contributed by atoms with Crippen LogP contribution in [0.2, 0.25) is 0 Å². The highest BCUT2D eigenvalue weighted by Crippen LogP contribution is 2.31. The van der Waals surface area contributed by atoms with E-state index >= 15 is 0 Å². The summed E-state index contributed by atoms with van der Waals surface area (Å²) in [4.78, 5) is 5.28. The molecule has 0 saturated heterocycles. The lowest BCUT2D eigenvalue weighted by molar-refractivity contribution is 0.475. The number of hydrogen-bond donors (Lipinski definition) is 2. The van der Waals surface area contributed by atoms with Crippen molar-refractivity contribution in [1.29, 1.82) is 0 Å². The van der Waals surface area contributed by atoms with E-state index in [0.717, 1.165) is 33.8 Å². The van der Waals surface area contributed by atoms with Gasteiger partial charge in [-0.3, -0.25) is 0 Å². The van der Waals surface area contributed by atoms with E-state index in [1.807, 2.05) is 22.8 Å². The van der Waals surface area contributed by atoms with Gasteiger partial charge in [-0.2, -0.15) is 0 Å². The van der Waals surface area contributed by atoms with Crippen molar-refractivity contribution in [3.05, 3.63) is 30.5 Å². The minimum Gasteiger partial charge on any atom is -0.508 e. The fraction of sp³-hybridized carbons (Fsp3) is 0.286. The highest BCUT2D eigenvalue weighted by atomic mass is 32.1. The third-order valence-electron chi connectivity index (χ3n) is 3.49. The van der Waals surface area contributed by atoms with Crippen LogP contribution in [0.15, 0.2) is 30.5 Å². The van der Waals surface area contributed by atoms with Gasteiger partial charge in [-0.25, -0.2) is 9.50 Å². The van der Waals surface area contributed by atoms with Crippen LogP contribution in [-0.4, -0.2) is 26.2 Å². The van der Waals surface area contributed by atoms with Crippen LogP contribution in [0.1, 0.15) is 12.8 Å². The summed E-state index contributed by atoms with van der Waals surface area (Å²) >= 11 is 1.57. The summed E-state index contributed by atoms with van der Waals surface area (Å²) in [6.45, 7) is 1.01. The van der Waals surface area contributed by atoms with Crippen LogP contribution < -0.4 is 5.32 Å². The first kappa shape index (κ1) is 11.7. The number of benzene rings is 1. The molecule has 20 heavy (non-hydrogen) atoms. The van der Waals surface area contributed by atoms with Crippen molar-refractivity contribution >= 4 is 21.4 Å². The van der Waals surface area contributed by atoms with Gasteiger partial charge in [-0.05, 0) is 43.0 Å². The molecule has 1 saturated carbocycles. The smallest absolute Gasteiger partial charge is 0.214 e. The van der Waals surface area contributed by atoms with E-state index in [1.54, 1.807) is 23.5 Å². The Balaban J connectivity index is 1.66. The van der Waals surface area contributed by atoms with Crippen LogP contribution in [0.3, 0.4) is 0 Å². The number of phenolic OH excluding ortho intramolecular Hbond substituents is 1. The van der Waals surface area contributed by atoms with Gasteiger partial charge in [0.2, 0.25) is 10.1 Å². The van der Waals surface area contributed by atoms with Crippen LogP contribution in [0, 0.1) is 5.92 Å². The standard InChI is InChI=1S/C14H14N4OS/c19-11-5-3-10(4-6-11)12-8-16-14-18(12)17-13(20-14)15-7-9-1-2-9/h3-6,8-9,19H,1-2,7H2,(H,15,17). The van der Waals surface area contributed by atoms with Crippen molar-refractivity contribution in [2.75, 3.05) is 11.9 Å². The molecular weight excluding hydrogens is 272 g/mol. The van der Waals surface area contributed by atoms with E-state index < -0.39 is 0 Å². The molecule has 1 aromatic carbocycles. The molecule has 3 aromatic rings. The molecule has 0 bridgehead atoms. The molecule has 1 aliphatic rings. The average Bonchev–Trinajstić information content (AvgIpc) is 3.07. The first-order valence-corrected chi connectivity index (χ1v) is 7.49. The zero-order valence-electron chi connectivity index (χ0n) is 10.8. The highest BCUT2D eigenvalue weighted by Gasteiger charge is 2.21. The van der Waals surface area contributed by atoms with Gasteiger partial charge >= 0.3 is 0 Å². The molecule has 1 fully saturated rings. The van der Waals surface area contributed by atoms with Crippen LogP contribution >= 0.6 is 11.3 Å². The minimum atomic E-state index is 0.263. The molecule has 0 unspecified atom stereocenters. The maximum absolute atomic E-state index is 9.35. The zero-order valence-corrected chi connectivity index (χ0v) is 11.6. The lowest BCUT2D eigenvalue weighted by Crippen LogP contribution is -2.03. The summed E-state index contributed by atoms with van der Waals surface area (Å²) in [7, 11) is 0. The molecule has 0 radical (unpaired) electrons. The molecule has 6 heteroatoms. The molecule has 0 atom stereocenters. The summed E-state index contributed by atoms with van der Waals surface area (Å²) in [5.41, 5.74) is 1.94. The molecule has 2 heterocycles. The molecule has 2 aromatic heterocycles. The third kappa shape index (κ3) is 2.12. The summed E-state index contributed by atoms with van der Waals surface area (Å²) in [5, 5.41) is 18.2. The van der Waals surface area contributed by atoms with Crippen molar-refractivity contribution in [3.8, 4) is 17.0 Å². The summed E-state index contributed by atoms with van der Waals surface area (Å²) in [6.07, 6.45) is 4.47. The summed E-state index contributed by atoms with van der Waals surface area (Å²) in [5.74, 6) is 1.09. The number of nitrogens with one attached hydrogen (secondary N) is 1. The number of hydrogen-bond acceptors (Lipinski definition) is 5. The van der Waals surface area contributed by atoms with E-state index in [1.165, 1.54) is 12.8 Å². The molecular formula is C14H14N4OS. The maximum atomic E-state index is 9.35. The Bertz CT molecular complexity index is 742. The zero-order chi connectivity index (χ0) is 13.5. The molecule has 0 aliphatic heterocycles. The topological polar surface area (TPSA) is 62.5 Å². The number of nitrogens with zero attached hydrogens (tertiary/aromatic N) is 3. The van der Waals surface area contributed by atoms with Crippen molar-refractivity contribution in [2.45, 2.75) is 12.8 Å². The monoisotopic (exact) mass is 286 g/mol. The van der Waals surface area contributed by atoms with Crippen LogP contribution in [-0.2, 0) is 0 Å². The molecule has 4 rings (SSSR count). The SMILES string of the molecule is Oc1ccc(-c2cnc3sc(NCC4CC4)nn23)cc1. The molecule has 0 amide bonds. The van der Waals surface area contributed by atoms with Crippen LogP contribution in [0.4, 0.5) is 5.13 Å². The van der Waals surface area contributed by atoms with E-state index in [9.17, 15) is 5.11 Å². The van der Waals surface area contributed by atoms with E-state index in [-0.39, 0.29) is 5.75 Å². The van der Waals surface area contributed by atoms with Crippen molar-refractivity contribution in [2.24, 2.45) is 5.92 Å². The Morgan fingerprint density at radius 2 is 2.10 bits per heavy atom. The number of phenols is 1. The average molecular weight is 286 g/mol. The predicted molar refractivity (Wildman–Crippen MR) is 79.2 cm³/mol. The largest absolute Gasteiger partial charge is 0.508 e. The number of aromatic hydroxyl groups is 1. The Kier molecular flexibility index (Phi) is 2.63. The number of fused-ring (bicyclic) bond motifs is 1. The Morgan fingerprint density at radius 3 is 2.85 bits per heavy atom. The number of rotatable bonds is 4. The second-order valence-corrected chi connectivity index (χ2v) is 6.07. The third-order valence-corrected chi connectivity index (χ3v) is 4.37. The number of imidazole rings is 1. The van der Waals surface area contributed by atoms with Gasteiger partial charge in [0.05, 0.1) is 11.9 Å².